The fourth-order valence-corrected chi connectivity index (χ4v) is 21.8. The molecule has 2 aliphatic rings. The number of allylic oxidation sites excluding steroid dienone is 8. The molecule has 0 saturated heterocycles. The van der Waals surface area contributed by atoms with Crippen LogP contribution in [0.4, 0.5) is 28.4 Å². The maximum absolute atomic E-state index is 7.12. The average molecular weight is 1760 g/mol. The molecule has 0 saturated carbocycles. The second-order valence-electron chi connectivity index (χ2n) is 36.3. The Kier molecular flexibility index (Phi) is 20.1. The lowest BCUT2D eigenvalue weighted by molar-refractivity contribution is 0.667. The minimum Gasteiger partial charge on any atom is -0.455 e. The fourth-order valence-electron chi connectivity index (χ4n) is 21.8. The first-order valence-corrected chi connectivity index (χ1v) is 47.8. The van der Waals surface area contributed by atoms with E-state index >= 15 is 0 Å². The van der Waals surface area contributed by atoms with E-state index in [4.69, 9.17) is 8.83 Å². The van der Waals surface area contributed by atoms with Gasteiger partial charge < -0.3 is 27.8 Å². The first-order valence-electron chi connectivity index (χ1n) is 47.8. The molecule has 4 aromatic heterocycles. The molecule has 1 atom stereocenters. The number of para-hydroxylation sites is 9. The van der Waals surface area contributed by atoms with Crippen LogP contribution in [-0.4, -0.2) is 9.13 Å². The topological polar surface area (TPSA) is 42.6 Å². The normalized spacial score (nSPS) is 13.3. The third-order valence-electron chi connectivity index (χ3n) is 28.5. The molecule has 4 heterocycles. The van der Waals surface area contributed by atoms with E-state index in [1.165, 1.54) is 82.7 Å². The van der Waals surface area contributed by atoms with E-state index in [1.807, 2.05) is 0 Å². The summed E-state index contributed by atoms with van der Waals surface area (Å²) in [6.07, 6.45) is 14.3. The van der Waals surface area contributed by atoms with E-state index in [2.05, 4.69) is 522 Å². The summed E-state index contributed by atoms with van der Waals surface area (Å²) in [7, 11) is 0. The standard InChI is InChI=1S/C132H90N4O2/c1-2-26-87(27-3-1)97-28-22-29-98(84-97)92-66-76-103(77-67-92)133(102-72-62-90(63-73-102)88-54-58-93(59-55-88)110-36-6-14-46-122(110)135-124-48-16-8-38-115(124)116-39-9-17-49-125(116)135)104-78-70-96(71-79-104)114-83-82-112(130-121-43-13-21-53-129(121)138-132(114)130)100-31-23-30-99(85-100)108-34-4-5-35-109(108)101-32-24-33-107(86-101)134(106-80-68-95(69-81-106)113-44-25-45-120-119-42-12-20-52-128(119)137-131(113)120)105-74-64-91(65-75-105)89-56-60-94(61-57-89)111-37-7-15-47-123(111)136-126-50-18-10-40-117(126)118-41-11-19-51-127(118)136/h1-28,30-68,70-80,82-86,98H,29,69,81H2. The first kappa shape index (κ1) is 81.0. The van der Waals surface area contributed by atoms with E-state index in [-0.39, 0.29) is 5.92 Å². The third kappa shape index (κ3) is 14.4. The number of nitrogens with zero attached hydrogens (tertiary/aromatic N) is 4. The molecule has 0 fully saturated rings. The average Bonchev–Trinajstić information content (AvgIpc) is 1.60. The number of fused-ring (bicyclic) bond motifs is 12. The van der Waals surface area contributed by atoms with Crippen molar-refractivity contribution in [3.05, 3.63) is 526 Å². The van der Waals surface area contributed by atoms with Crippen LogP contribution in [-0.2, 0) is 0 Å². The number of benzene rings is 20. The van der Waals surface area contributed by atoms with Crippen molar-refractivity contribution in [2.45, 2.75) is 25.2 Å². The van der Waals surface area contributed by atoms with Crippen LogP contribution in [0.1, 0.15) is 41.9 Å². The summed E-state index contributed by atoms with van der Waals surface area (Å²) in [6.45, 7) is 0. The molecule has 650 valence electrons. The van der Waals surface area contributed by atoms with E-state index < -0.39 is 0 Å². The summed E-state index contributed by atoms with van der Waals surface area (Å²) >= 11 is 0. The molecule has 6 heteroatoms. The summed E-state index contributed by atoms with van der Waals surface area (Å²) in [5, 5.41) is 9.42. The van der Waals surface area contributed by atoms with Gasteiger partial charge in [-0.15, -0.1) is 0 Å². The predicted octanol–water partition coefficient (Wildman–Crippen LogP) is 36.5. The quantitative estimate of drug-likeness (QED) is 0.0809. The van der Waals surface area contributed by atoms with Gasteiger partial charge in [-0.1, -0.05) is 376 Å². The third-order valence-corrected chi connectivity index (χ3v) is 28.5. The maximum atomic E-state index is 7.12. The van der Waals surface area contributed by atoms with Gasteiger partial charge in [0.05, 0.1) is 33.4 Å². The van der Waals surface area contributed by atoms with Gasteiger partial charge in [-0.3, -0.25) is 0 Å². The van der Waals surface area contributed by atoms with Crippen molar-refractivity contribution in [1.82, 2.24) is 9.13 Å². The number of furan rings is 2. The number of anilines is 5. The molecular formula is C132H90N4O2. The molecule has 6 nitrogen and oxygen atoms in total. The summed E-state index contributed by atoms with van der Waals surface area (Å²) in [5.41, 5.74) is 41.4. The highest BCUT2D eigenvalue weighted by molar-refractivity contribution is 6.17. The minimum absolute atomic E-state index is 0.249. The number of hydrogen-bond donors (Lipinski definition) is 0. The van der Waals surface area contributed by atoms with Gasteiger partial charge in [0.15, 0.2) is 0 Å². The van der Waals surface area contributed by atoms with Crippen LogP contribution in [0.5, 0.6) is 0 Å². The molecule has 0 N–H and O–H groups in total. The monoisotopic (exact) mass is 1760 g/mol. The highest BCUT2D eigenvalue weighted by atomic mass is 16.3. The van der Waals surface area contributed by atoms with Crippen molar-refractivity contribution >= 4 is 127 Å². The molecule has 20 aromatic carbocycles. The molecule has 0 amide bonds. The molecule has 0 bridgehead atoms. The van der Waals surface area contributed by atoms with E-state index in [1.54, 1.807) is 0 Å². The van der Waals surface area contributed by atoms with Gasteiger partial charge in [-0.05, 0) is 241 Å². The van der Waals surface area contributed by atoms with Gasteiger partial charge in [0.1, 0.15) is 22.3 Å². The summed E-state index contributed by atoms with van der Waals surface area (Å²) < 4.78 is 18.6. The molecular weight excluding hydrogens is 1670 g/mol. The molecule has 0 radical (unpaired) electrons. The van der Waals surface area contributed by atoms with Crippen LogP contribution in [0.3, 0.4) is 0 Å². The summed E-state index contributed by atoms with van der Waals surface area (Å²) in [5.74, 6) is 0.249. The van der Waals surface area contributed by atoms with Crippen LogP contribution < -0.4 is 9.80 Å². The second kappa shape index (κ2) is 34.3. The molecule has 26 rings (SSSR count). The zero-order valence-corrected chi connectivity index (χ0v) is 75.7. The summed E-state index contributed by atoms with van der Waals surface area (Å²) in [6, 6.07) is 173. The van der Waals surface area contributed by atoms with Crippen LogP contribution in [0, 0.1) is 0 Å². The molecule has 138 heavy (non-hydrogen) atoms. The molecule has 1 unspecified atom stereocenters. The number of aromatic nitrogens is 2. The zero-order chi connectivity index (χ0) is 91.1. The second-order valence-corrected chi connectivity index (χ2v) is 36.3. The lowest BCUT2D eigenvalue weighted by atomic mass is 9.87. The van der Waals surface area contributed by atoms with Crippen molar-refractivity contribution in [2.75, 3.05) is 9.80 Å². The summed E-state index contributed by atoms with van der Waals surface area (Å²) in [4.78, 5) is 4.86. The molecule has 0 aliphatic heterocycles. The highest BCUT2D eigenvalue weighted by Gasteiger charge is 2.27. The predicted molar refractivity (Wildman–Crippen MR) is 579 cm³/mol. The van der Waals surface area contributed by atoms with Gasteiger partial charge in [-0.2, -0.15) is 0 Å². The Balaban J connectivity index is 0.518. The van der Waals surface area contributed by atoms with E-state index in [0.717, 1.165) is 186 Å². The van der Waals surface area contributed by atoms with Crippen molar-refractivity contribution < 1.29 is 8.83 Å². The van der Waals surface area contributed by atoms with Gasteiger partial charge in [0.2, 0.25) is 0 Å². The van der Waals surface area contributed by atoms with Gasteiger partial charge in [0, 0.05) is 105 Å². The maximum Gasteiger partial charge on any atom is 0.143 e. The lowest BCUT2D eigenvalue weighted by Crippen LogP contribution is -2.18. The molecule has 2 aliphatic carbocycles. The van der Waals surface area contributed by atoms with Gasteiger partial charge in [0.25, 0.3) is 0 Å². The zero-order valence-electron chi connectivity index (χ0n) is 75.7. The van der Waals surface area contributed by atoms with Crippen molar-refractivity contribution in [3.8, 4) is 100 Å². The minimum atomic E-state index is 0.249. The smallest absolute Gasteiger partial charge is 0.143 e. The van der Waals surface area contributed by atoms with E-state index in [9.17, 15) is 0 Å². The number of hydrogen-bond acceptors (Lipinski definition) is 4. The van der Waals surface area contributed by atoms with Crippen molar-refractivity contribution in [3.63, 3.8) is 0 Å². The Morgan fingerprint density at radius 2 is 0.630 bits per heavy atom. The Morgan fingerprint density at radius 3 is 1.18 bits per heavy atom. The Morgan fingerprint density at radius 1 is 0.239 bits per heavy atom. The van der Waals surface area contributed by atoms with Gasteiger partial charge >= 0.3 is 0 Å². The van der Waals surface area contributed by atoms with Crippen LogP contribution in [0.2, 0.25) is 0 Å². The Labute approximate surface area is 800 Å². The molecule has 0 spiro atoms. The highest BCUT2D eigenvalue weighted by Crippen LogP contribution is 2.50. The van der Waals surface area contributed by atoms with Crippen LogP contribution >= 0.6 is 0 Å². The fraction of sp³-hybridized carbons (Fsp3) is 0.0303. The van der Waals surface area contributed by atoms with E-state index in [0.29, 0.717) is 0 Å². The van der Waals surface area contributed by atoms with Crippen molar-refractivity contribution in [1.29, 1.82) is 0 Å². The first-order chi connectivity index (χ1) is 68.4. The largest absolute Gasteiger partial charge is 0.455 e. The SMILES string of the molecule is C1=CC(c2ccccc2)=CC(c2ccc(N(c3ccc(-c4ccc(-c5ccccc5-n5c6ccccc6c6ccccc65)cc4)cc3)c3ccc(-c4ccc(-c5cccc(-c6ccccc6-c6cccc(N(C7=CC=C(c8cccc9c8oc8ccccc89)CC7)c7ccc(-c8ccc(-c9ccccc9-n9c%10ccccc%10c%10ccccc%109)cc8)cc7)c6)c5)c5c4oc4ccccc45)cc3)cc2)C1. The van der Waals surface area contributed by atoms with Crippen LogP contribution in [0.15, 0.2) is 518 Å². The molecule has 24 aromatic rings. The van der Waals surface area contributed by atoms with Crippen molar-refractivity contribution in [2.24, 2.45) is 0 Å². The Bertz CT molecular complexity index is 8900. The number of rotatable bonds is 19. The van der Waals surface area contributed by atoms with Crippen LogP contribution in [0.25, 0.3) is 199 Å². The Hall–Kier alpha value is -17.8. The van der Waals surface area contributed by atoms with Gasteiger partial charge in [-0.25, -0.2) is 0 Å². The lowest BCUT2D eigenvalue weighted by Gasteiger charge is -2.30.